The Morgan fingerprint density at radius 2 is 1.85 bits per heavy atom. The van der Waals surface area contributed by atoms with Crippen LogP contribution < -0.4 is 5.32 Å². The van der Waals surface area contributed by atoms with Crippen molar-refractivity contribution >= 4 is 0 Å². The minimum Gasteiger partial charge on any atom is -0.377 e. The zero-order chi connectivity index (χ0) is 10.1. The maximum Gasteiger partial charge on any atom is 0.0620 e. The van der Waals surface area contributed by atoms with Gasteiger partial charge in [-0.25, -0.2) is 0 Å². The maximum absolute atomic E-state index is 5.68. The van der Waals surface area contributed by atoms with E-state index in [9.17, 15) is 0 Å². The first-order chi connectivity index (χ1) is 6.20. The van der Waals surface area contributed by atoms with Gasteiger partial charge < -0.3 is 10.1 Å². The van der Waals surface area contributed by atoms with Crippen molar-refractivity contribution in [2.45, 2.75) is 59.1 Å². The first kappa shape index (κ1) is 12.9. The Hall–Kier alpha value is -0.0800. The summed E-state index contributed by atoms with van der Waals surface area (Å²) in [5.74, 6) is 0. The molecule has 2 heteroatoms. The third-order valence-corrected chi connectivity index (χ3v) is 2.07. The fraction of sp³-hybridized carbons (Fsp3) is 1.00. The Morgan fingerprint density at radius 1 is 1.15 bits per heavy atom. The molecule has 80 valence electrons. The summed E-state index contributed by atoms with van der Waals surface area (Å²) in [5.41, 5.74) is 0. The second-order valence-corrected chi connectivity index (χ2v) is 3.79. The molecule has 2 nitrogen and oxygen atoms in total. The van der Waals surface area contributed by atoms with Gasteiger partial charge in [0.25, 0.3) is 0 Å². The molecule has 0 aromatic carbocycles. The highest BCUT2D eigenvalue weighted by atomic mass is 16.5. The van der Waals surface area contributed by atoms with Crippen LogP contribution in [-0.4, -0.2) is 25.3 Å². The van der Waals surface area contributed by atoms with Crippen LogP contribution in [-0.2, 0) is 4.74 Å². The van der Waals surface area contributed by atoms with Gasteiger partial charge in [-0.15, -0.1) is 0 Å². The van der Waals surface area contributed by atoms with Crippen molar-refractivity contribution in [2.24, 2.45) is 0 Å². The minimum atomic E-state index is 0.413. The topological polar surface area (TPSA) is 21.3 Å². The summed E-state index contributed by atoms with van der Waals surface area (Å²) in [5, 5.41) is 3.40. The number of nitrogens with one attached hydrogen (secondary N) is 1. The molecule has 2 atom stereocenters. The van der Waals surface area contributed by atoms with E-state index in [0.717, 1.165) is 13.2 Å². The molecule has 2 unspecified atom stereocenters. The van der Waals surface area contributed by atoms with Gasteiger partial charge in [0.15, 0.2) is 0 Å². The molecule has 0 saturated heterocycles. The summed E-state index contributed by atoms with van der Waals surface area (Å²) in [6, 6.07) is 0.485. The maximum atomic E-state index is 5.68. The van der Waals surface area contributed by atoms with Crippen molar-refractivity contribution in [1.29, 1.82) is 0 Å². The predicted octanol–water partition coefficient (Wildman–Crippen LogP) is 2.58. The molecule has 0 bridgehead atoms. The second-order valence-electron chi connectivity index (χ2n) is 3.79. The molecule has 0 spiro atoms. The second kappa shape index (κ2) is 8.52. The number of ether oxygens (including phenoxy) is 1. The zero-order valence-corrected chi connectivity index (χ0v) is 9.60. The third kappa shape index (κ3) is 8.26. The van der Waals surface area contributed by atoms with Crippen molar-refractivity contribution < 1.29 is 4.74 Å². The third-order valence-electron chi connectivity index (χ3n) is 2.07. The van der Waals surface area contributed by atoms with Crippen molar-refractivity contribution in [2.75, 3.05) is 13.2 Å². The van der Waals surface area contributed by atoms with E-state index in [1.807, 2.05) is 0 Å². The first-order valence-corrected chi connectivity index (χ1v) is 5.55. The van der Waals surface area contributed by atoms with Crippen LogP contribution in [0.25, 0.3) is 0 Å². The van der Waals surface area contributed by atoms with Crippen LogP contribution in [0, 0.1) is 0 Å². The van der Waals surface area contributed by atoms with E-state index in [1.54, 1.807) is 0 Å². The molecular weight excluding hydrogens is 162 g/mol. The minimum absolute atomic E-state index is 0.413. The Morgan fingerprint density at radius 3 is 2.38 bits per heavy atom. The number of rotatable bonds is 8. The van der Waals surface area contributed by atoms with E-state index in [0.29, 0.717) is 12.1 Å². The molecule has 0 aromatic heterocycles. The number of hydrogen-bond donors (Lipinski definition) is 1. The quantitative estimate of drug-likeness (QED) is 0.630. The Balaban J connectivity index is 3.29. The average molecular weight is 187 g/mol. The SMILES string of the molecule is CCCNC(C)COC(C)CCC. The summed E-state index contributed by atoms with van der Waals surface area (Å²) in [4.78, 5) is 0. The summed E-state index contributed by atoms with van der Waals surface area (Å²) >= 11 is 0. The monoisotopic (exact) mass is 187 g/mol. The zero-order valence-electron chi connectivity index (χ0n) is 9.60. The molecule has 0 amide bonds. The van der Waals surface area contributed by atoms with E-state index in [-0.39, 0.29) is 0 Å². The standard InChI is InChI=1S/C11H25NO/c1-5-7-11(4)13-9-10(3)12-8-6-2/h10-12H,5-9H2,1-4H3. The molecule has 0 aromatic rings. The molecule has 0 aliphatic carbocycles. The van der Waals surface area contributed by atoms with Crippen LogP contribution in [0.2, 0.25) is 0 Å². The van der Waals surface area contributed by atoms with E-state index in [4.69, 9.17) is 4.74 Å². The van der Waals surface area contributed by atoms with E-state index < -0.39 is 0 Å². The first-order valence-electron chi connectivity index (χ1n) is 5.55. The Bertz CT molecular complexity index is 106. The smallest absolute Gasteiger partial charge is 0.0620 e. The van der Waals surface area contributed by atoms with Gasteiger partial charge in [0.05, 0.1) is 12.7 Å². The van der Waals surface area contributed by atoms with E-state index in [2.05, 4.69) is 33.0 Å². The number of hydrogen-bond acceptors (Lipinski definition) is 2. The van der Waals surface area contributed by atoms with Gasteiger partial charge in [-0.1, -0.05) is 20.3 Å². The fourth-order valence-electron chi connectivity index (χ4n) is 1.25. The molecule has 0 aliphatic rings. The Kier molecular flexibility index (Phi) is 8.46. The molecule has 0 aliphatic heterocycles. The van der Waals surface area contributed by atoms with Gasteiger partial charge in [0.2, 0.25) is 0 Å². The van der Waals surface area contributed by atoms with Crippen LogP contribution in [0.5, 0.6) is 0 Å². The van der Waals surface area contributed by atoms with Gasteiger partial charge in [0.1, 0.15) is 0 Å². The highest BCUT2D eigenvalue weighted by Crippen LogP contribution is 2.01. The van der Waals surface area contributed by atoms with Gasteiger partial charge in [-0.05, 0) is 33.2 Å². The van der Waals surface area contributed by atoms with Gasteiger partial charge >= 0.3 is 0 Å². The van der Waals surface area contributed by atoms with Gasteiger partial charge in [0, 0.05) is 6.04 Å². The molecule has 0 radical (unpaired) electrons. The van der Waals surface area contributed by atoms with E-state index in [1.165, 1.54) is 19.3 Å². The van der Waals surface area contributed by atoms with Crippen LogP contribution in [0.1, 0.15) is 47.0 Å². The highest BCUT2D eigenvalue weighted by Gasteiger charge is 2.04. The predicted molar refractivity (Wildman–Crippen MR) is 58.1 cm³/mol. The Labute approximate surface area is 83.1 Å². The van der Waals surface area contributed by atoms with Crippen molar-refractivity contribution in [3.8, 4) is 0 Å². The lowest BCUT2D eigenvalue weighted by Crippen LogP contribution is -2.32. The molecule has 0 heterocycles. The summed E-state index contributed by atoms with van der Waals surface area (Å²) < 4.78 is 5.68. The normalized spacial score (nSPS) is 15.7. The van der Waals surface area contributed by atoms with Crippen LogP contribution in [0.15, 0.2) is 0 Å². The van der Waals surface area contributed by atoms with Crippen LogP contribution in [0.3, 0.4) is 0 Å². The molecule has 1 N–H and O–H groups in total. The van der Waals surface area contributed by atoms with Crippen molar-refractivity contribution in [1.82, 2.24) is 5.32 Å². The van der Waals surface area contributed by atoms with Crippen LogP contribution >= 0.6 is 0 Å². The fourth-order valence-corrected chi connectivity index (χ4v) is 1.25. The summed E-state index contributed by atoms with van der Waals surface area (Å²) in [7, 11) is 0. The summed E-state index contributed by atoms with van der Waals surface area (Å²) in [6.45, 7) is 10.6. The molecule has 0 saturated carbocycles. The summed E-state index contributed by atoms with van der Waals surface area (Å²) in [6.07, 6.45) is 3.98. The molecule has 0 rings (SSSR count). The largest absolute Gasteiger partial charge is 0.377 e. The van der Waals surface area contributed by atoms with E-state index >= 15 is 0 Å². The molecular formula is C11H25NO. The molecule has 0 fully saturated rings. The van der Waals surface area contributed by atoms with Gasteiger partial charge in [-0.3, -0.25) is 0 Å². The lowest BCUT2D eigenvalue weighted by Gasteiger charge is -2.17. The van der Waals surface area contributed by atoms with Crippen molar-refractivity contribution in [3.05, 3.63) is 0 Å². The lowest BCUT2D eigenvalue weighted by atomic mass is 10.2. The lowest BCUT2D eigenvalue weighted by molar-refractivity contribution is 0.0472. The highest BCUT2D eigenvalue weighted by molar-refractivity contribution is 4.59. The molecule has 13 heavy (non-hydrogen) atoms. The van der Waals surface area contributed by atoms with Crippen LogP contribution in [0.4, 0.5) is 0 Å². The van der Waals surface area contributed by atoms with Crippen molar-refractivity contribution in [3.63, 3.8) is 0 Å². The average Bonchev–Trinajstić information content (AvgIpc) is 2.12. The van der Waals surface area contributed by atoms with Gasteiger partial charge in [-0.2, -0.15) is 0 Å².